The van der Waals surface area contributed by atoms with Crippen LogP contribution in [0.3, 0.4) is 0 Å². The van der Waals surface area contributed by atoms with E-state index in [0.29, 0.717) is 17.4 Å². The Labute approximate surface area is 130 Å². The Morgan fingerprint density at radius 3 is 2.95 bits per heavy atom. The number of nitrogens with zero attached hydrogens (tertiary/aromatic N) is 1. The Kier molecular flexibility index (Phi) is 6.09. The number of rotatable bonds is 8. The van der Waals surface area contributed by atoms with E-state index in [1.165, 1.54) is 0 Å². The third-order valence-electron chi connectivity index (χ3n) is 3.62. The molecule has 2 unspecified atom stereocenters. The summed E-state index contributed by atoms with van der Waals surface area (Å²) in [7, 11) is -3.52. The zero-order valence-electron chi connectivity index (χ0n) is 12.6. The second kappa shape index (κ2) is 7.62. The number of hydrogen-bond acceptors (Lipinski definition) is 5. The minimum Gasteiger partial charge on any atom is -0.313 e. The predicted molar refractivity (Wildman–Crippen MR) is 85.8 cm³/mol. The van der Waals surface area contributed by atoms with Crippen molar-refractivity contribution < 1.29 is 8.42 Å². The van der Waals surface area contributed by atoms with Crippen LogP contribution in [0.4, 0.5) is 0 Å². The number of nitrogens with one attached hydrogen (secondary N) is 3. The van der Waals surface area contributed by atoms with Gasteiger partial charge in [0, 0.05) is 23.4 Å². The molecule has 1 aromatic heterocycles. The van der Waals surface area contributed by atoms with Gasteiger partial charge in [-0.3, -0.25) is 5.10 Å². The fourth-order valence-corrected chi connectivity index (χ4v) is 5.19. The van der Waals surface area contributed by atoms with E-state index in [-0.39, 0.29) is 11.1 Å². The van der Waals surface area contributed by atoms with Crippen molar-refractivity contribution in [2.24, 2.45) is 0 Å². The van der Waals surface area contributed by atoms with Gasteiger partial charge in [0.05, 0.1) is 6.20 Å². The van der Waals surface area contributed by atoms with Gasteiger partial charge in [0.25, 0.3) is 10.0 Å². The Morgan fingerprint density at radius 2 is 2.24 bits per heavy atom. The van der Waals surface area contributed by atoms with Crippen LogP contribution in [-0.2, 0) is 16.6 Å². The van der Waals surface area contributed by atoms with E-state index in [0.717, 1.165) is 31.6 Å². The molecule has 120 valence electrons. The third-order valence-corrected chi connectivity index (χ3v) is 6.39. The van der Waals surface area contributed by atoms with Crippen molar-refractivity contribution >= 4 is 21.8 Å². The number of aromatic nitrogens is 2. The van der Waals surface area contributed by atoms with Crippen LogP contribution in [0.15, 0.2) is 11.2 Å². The fraction of sp³-hybridized carbons (Fsp3) is 0.769. The molecule has 0 spiro atoms. The zero-order chi connectivity index (χ0) is 15.3. The highest BCUT2D eigenvalue weighted by Crippen LogP contribution is 2.30. The molecule has 0 amide bonds. The van der Waals surface area contributed by atoms with Crippen LogP contribution in [-0.4, -0.2) is 42.2 Å². The van der Waals surface area contributed by atoms with E-state index in [1.807, 2.05) is 18.7 Å². The molecule has 8 heteroatoms. The Balaban J connectivity index is 2.01. The highest BCUT2D eigenvalue weighted by molar-refractivity contribution is 7.99. The lowest BCUT2D eigenvalue weighted by molar-refractivity contribution is 0.547. The molecule has 2 atom stereocenters. The lowest BCUT2D eigenvalue weighted by Gasteiger charge is -2.13. The average molecular weight is 332 g/mol. The van der Waals surface area contributed by atoms with Crippen molar-refractivity contribution in [3.63, 3.8) is 0 Å². The molecule has 1 fully saturated rings. The van der Waals surface area contributed by atoms with Gasteiger partial charge in [0.15, 0.2) is 5.03 Å². The summed E-state index contributed by atoms with van der Waals surface area (Å²) in [6, 6.07) is 0.0364. The summed E-state index contributed by atoms with van der Waals surface area (Å²) < 4.78 is 27.8. The van der Waals surface area contributed by atoms with Crippen LogP contribution in [0.5, 0.6) is 0 Å². The van der Waals surface area contributed by atoms with Gasteiger partial charge in [-0.1, -0.05) is 13.8 Å². The SMILES string of the molecule is CCNCc1cn[nH]c1S(=O)(=O)NC1CCC(SCC)C1. The van der Waals surface area contributed by atoms with Gasteiger partial charge in [-0.2, -0.15) is 16.9 Å². The van der Waals surface area contributed by atoms with E-state index in [4.69, 9.17) is 0 Å². The van der Waals surface area contributed by atoms with E-state index in [2.05, 4.69) is 27.2 Å². The van der Waals surface area contributed by atoms with E-state index in [9.17, 15) is 8.42 Å². The van der Waals surface area contributed by atoms with Gasteiger partial charge < -0.3 is 5.32 Å². The molecule has 0 saturated heterocycles. The topological polar surface area (TPSA) is 86.9 Å². The Hall–Kier alpha value is -0.570. The first-order valence-electron chi connectivity index (χ1n) is 7.43. The summed E-state index contributed by atoms with van der Waals surface area (Å²) >= 11 is 1.92. The summed E-state index contributed by atoms with van der Waals surface area (Å²) in [5.41, 5.74) is 0.682. The summed E-state index contributed by atoms with van der Waals surface area (Å²) in [5.74, 6) is 1.08. The largest absolute Gasteiger partial charge is 0.313 e. The van der Waals surface area contributed by atoms with Gasteiger partial charge in [-0.05, 0) is 31.6 Å². The molecule has 6 nitrogen and oxygen atoms in total. The van der Waals surface area contributed by atoms with Crippen molar-refractivity contribution in [3.8, 4) is 0 Å². The molecule has 0 aliphatic heterocycles. The first-order chi connectivity index (χ1) is 10.1. The molecule has 1 heterocycles. The van der Waals surface area contributed by atoms with Gasteiger partial charge in [-0.15, -0.1) is 0 Å². The molecule has 0 aromatic carbocycles. The summed E-state index contributed by atoms with van der Waals surface area (Å²) in [6.07, 6.45) is 4.47. The highest BCUT2D eigenvalue weighted by Gasteiger charge is 2.30. The lowest BCUT2D eigenvalue weighted by atomic mass is 10.3. The molecule has 1 aromatic rings. The maximum atomic E-state index is 12.5. The third kappa shape index (κ3) is 4.45. The maximum Gasteiger partial charge on any atom is 0.258 e. The minimum atomic E-state index is -3.52. The number of thioether (sulfide) groups is 1. The highest BCUT2D eigenvalue weighted by atomic mass is 32.2. The number of aromatic amines is 1. The van der Waals surface area contributed by atoms with Crippen LogP contribution in [0.2, 0.25) is 0 Å². The van der Waals surface area contributed by atoms with Gasteiger partial charge in [0.2, 0.25) is 0 Å². The van der Waals surface area contributed by atoms with Gasteiger partial charge in [-0.25, -0.2) is 13.1 Å². The van der Waals surface area contributed by atoms with Crippen LogP contribution >= 0.6 is 11.8 Å². The predicted octanol–water partition coefficient (Wildman–Crippen LogP) is 1.47. The molecule has 0 bridgehead atoms. The maximum absolute atomic E-state index is 12.5. The first-order valence-corrected chi connectivity index (χ1v) is 9.96. The summed E-state index contributed by atoms with van der Waals surface area (Å²) in [6.45, 7) is 5.41. The van der Waals surface area contributed by atoms with E-state index in [1.54, 1.807) is 6.20 Å². The number of sulfonamides is 1. The molecular weight excluding hydrogens is 308 g/mol. The van der Waals surface area contributed by atoms with Crippen molar-refractivity contribution in [2.75, 3.05) is 12.3 Å². The quantitative estimate of drug-likeness (QED) is 0.671. The summed E-state index contributed by atoms with van der Waals surface area (Å²) in [5, 5.41) is 10.4. The molecule has 1 aliphatic carbocycles. The normalized spacial score (nSPS) is 22.8. The van der Waals surface area contributed by atoms with Crippen LogP contribution in [0, 0.1) is 0 Å². The monoisotopic (exact) mass is 332 g/mol. The van der Waals surface area contributed by atoms with E-state index < -0.39 is 10.0 Å². The van der Waals surface area contributed by atoms with Crippen LogP contribution in [0.25, 0.3) is 0 Å². The molecule has 1 aliphatic rings. The fourth-order valence-electron chi connectivity index (χ4n) is 2.63. The Morgan fingerprint density at radius 1 is 1.43 bits per heavy atom. The van der Waals surface area contributed by atoms with Gasteiger partial charge in [0.1, 0.15) is 0 Å². The smallest absolute Gasteiger partial charge is 0.258 e. The van der Waals surface area contributed by atoms with Crippen molar-refractivity contribution in [2.45, 2.75) is 56.0 Å². The second-order valence-corrected chi connectivity index (χ2v) is 8.44. The van der Waals surface area contributed by atoms with Crippen molar-refractivity contribution in [1.29, 1.82) is 0 Å². The van der Waals surface area contributed by atoms with Crippen LogP contribution < -0.4 is 10.0 Å². The summed E-state index contributed by atoms with van der Waals surface area (Å²) in [4.78, 5) is 0. The average Bonchev–Trinajstić information content (AvgIpc) is 3.06. The van der Waals surface area contributed by atoms with Crippen molar-refractivity contribution in [3.05, 3.63) is 11.8 Å². The lowest BCUT2D eigenvalue weighted by Crippen LogP contribution is -2.34. The molecule has 21 heavy (non-hydrogen) atoms. The molecule has 1 saturated carbocycles. The standard InChI is InChI=1S/C13H24N4O2S2/c1-3-14-8-10-9-15-16-13(10)21(18,19)17-11-5-6-12(7-11)20-4-2/h9,11-12,14,17H,3-8H2,1-2H3,(H,15,16). The minimum absolute atomic E-state index is 0.0364. The molecule has 0 radical (unpaired) electrons. The molecule has 3 N–H and O–H groups in total. The van der Waals surface area contributed by atoms with E-state index >= 15 is 0 Å². The van der Waals surface area contributed by atoms with Gasteiger partial charge >= 0.3 is 0 Å². The first kappa shape index (κ1) is 16.8. The Bertz CT molecular complexity index is 544. The second-order valence-electron chi connectivity index (χ2n) is 5.21. The van der Waals surface area contributed by atoms with Crippen molar-refractivity contribution in [1.82, 2.24) is 20.2 Å². The molecule has 2 rings (SSSR count). The zero-order valence-corrected chi connectivity index (χ0v) is 14.2. The number of hydrogen-bond donors (Lipinski definition) is 3. The molecular formula is C13H24N4O2S2. The van der Waals surface area contributed by atoms with Crippen LogP contribution in [0.1, 0.15) is 38.7 Å². The number of H-pyrrole nitrogens is 1.